The predicted molar refractivity (Wildman–Crippen MR) is 86.2 cm³/mol. The second kappa shape index (κ2) is 4.88. The summed E-state index contributed by atoms with van der Waals surface area (Å²) in [7, 11) is 0. The van der Waals surface area contributed by atoms with Crippen molar-refractivity contribution in [3.05, 3.63) is 72.3 Å². The molecule has 23 heavy (non-hydrogen) atoms. The summed E-state index contributed by atoms with van der Waals surface area (Å²) in [4.78, 5) is 3.09. The number of hydrogen-bond acceptors (Lipinski definition) is 0. The van der Waals surface area contributed by atoms with E-state index in [2.05, 4.69) is 4.98 Å². The Bertz CT molecular complexity index is 1010. The van der Waals surface area contributed by atoms with Gasteiger partial charge in [0, 0.05) is 16.6 Å². The molecule has 4 aromatic rings. The van der Waals surface area contributed by atoms with Crippen molar-refractivity contribution in [2.45, 2.75) is 6.18 Å². The number of halogens is 3. The average molecular weight is 311 g/mol. The van der Waals surface area contributed by atoms with E-state index in [0.29, 0.717) is 5.52 Å². The molecule has 114 valence electrons. The van der Waals surface area contributed by atoms with Crippen molar-refractivity contribution in [1.29, 1.82) is 0 Å². The molecule has 0 unspecified atom stereocenters. The Kier molecular flexibility index (Phi) is 2.94. The van der Waals surface area contributed by atoms with Gasteiger partial charge >= 0.3 is 6.18 Å². The third kappa shape index (κ3) is 2.46. The van der Waals surface area contributed by atoms with Crippen LogP contribution in [0.3, 0.4) is 0 Å². The maximum atomic E-state index is 12.8. The molecule has 0 aliphatic carbocycles. The Hall–Kier alpha value is -2.75. The summed E-state index contributed by atoms with van der Waals surface area (Å²) in [5.74, 6) is 0. The lowest BCUT2D eigenvalue weighted by Gasteiger charge is -2.05. The van der Waals surface area contributed by atoms with Gasteiger partial charge in [-0.2, -0.15) is 13.2 Å². The molecule has 3 aromatic carbocycles. The van der Waals surface area contributed by atoms with Gasteiger partial charge < -0.3 is 4.98 Å². The summed E-state index contributed by atoms with van der Waals surface area (Å²) in [6.07, 6.45) is -4.33. The molecule has 0 aliphatic heterocycles. The molecule has 1 heterocycles. The van der Waals surface area contributed by atoms with Crippen molar-refractivity contribution in [1.82, 2.24) is 4.98 Å². The van der Waals surface area contributed by atoms with E-state index in [1.54, 1.807) is 0 Å². The van der Waals surface area contributed by atoms with Crippen LogP contribution >= 0.6 is 0 Å². The molecule has 0 saturated carbocycles. The quantitative estimate of drug-likeness (QED) is 0.443. The Morgan fingerprint density at radius 1 is 0.696 bits per heavy atom. The number of H-pyrrole nitrogens is 1. The van der Waals surface area contributed by atoms with Crippen LogP contribution in [0.5, 0.6) is 0 Å². The molecule has 4 heteroatoms. The number of alkyl halides is 3. The monoisotopic (exact) mass is 311 g/mol. The first kappa shape index (κ1) is 13.9. The Labute approximate surface area is 130 Å². The van der Waals surface area contributed by atoms with Gasteiger partial charge in [0.15, 0.2) is 0 Å². The van der Waals surface area contributed by atoms with Gasteiger partial charge in [-0.1, -0.05) is 42.5 Å². The van der Waals surface area contributed by atoms with Crippen molar-refractivity contribution in [2.24, 2.45) is 0 Å². The number of rotatable bonds is 1. The van der Waals surface area contributed by atoms with E-state index in [1.807, 2.05) is 48.5 Å². The molecule has 0 bridgehead atoms. The lowest BCUT2D eigenvalue weighted by Crippen LogP contribution is -2.03. The molecule has 0 spiro atoms. The minimum absolute atomic E-state index is 0.489. The van der Waals surface area contributed by atoms with Gasteiger partial charge in [0.1, 0.15) is 0 Å². The Morgan fingerprint density at radius 3 is 2.22 bits per heavy atom. The summed E-state index contributed by atoms with van der Waals surface area (Å²) < 4.78 is 38.4. The normalized spacial score (nSPS) is 12.1. The fraction of sp³-hybridized carbons (Fsp3) is 0.0526. The third-order valence-electron chi connectivity index (χ3n) is 4.01. The molecule has 0 radical (unpaired) electrons. The first-order valence-electron chi connectivity index (χ1n) is 7.20. The van der Waals surface area contributed by atoms with Crippen LogP contribution in [0.2, 0.25) is 0 Å². The van der Waals surface area contributed by atoms with E-state index in [-0.39, 0.29) is 0 Å². The molecule has 4 rings (SSSR count). The van der Waals surface area contributed by atoms with Gasteiger partial charge in [0.05, 0.1) is 5.56 Å². The van der Waals surface area contributed by atoms with E-state index >= 15 is 0 Å². The van der Waals surface area contributed by atoms with Crippen molar-refractivity contribution < 1.29 is 13.2 Å². The maximum absolute atomic E-state index is 12.8. The molecule has 1 aromatic heterocycles. The van der Waals surface area contributed by atoms with E-state index in [9.17, 15) is 13.2 Å². The highest BCUT2D eigenvalue weighted by Gasteiger charge is 2.30. The van der Waals surface area contributed by atoms with Crippen LogP contribution in [0.15, 0.2) is 66.7 Å². The Morgan fingerprint density at radius 2 is 1.43 bits per heavy atom. The topological polar surface area (TPSA) is 15.8 Å². The van der Waals surface area contributed by atoms with E-state index in [0.717, 1.165) is 39.5 Å². The first-order valence-corrected chi connectivity index (χ1v) is 7.20. The lowest BCUT2D eigenvalue weighted by molar-refractivity contribution is -0.137. The molecule has 0 aliphatic rings. The number of benzene rings is 3. The standard InChI is InChI=1S/C19H12F3N/c20-19(21,22)16-8-7-15-10-17(23-18(15)11-16)14-6-5-12-3-1-2-4-13(12)9-14/h1-11,23H. The fourth-order valence-electron chi connectivity index (χ4n) is 2.82. The van der Waals surface area contributed by atoms with Crippen LogP contribution in [-0.2, 0) is 6.18 Å². The fourth-order valence-corrected chi connectivity index (χ4v) is 2.82. The summed E-state index contributed by atoms with van der Waals surface area (Å²) in [6, 6.07) is 19.6. The summed E-state index contributed by atoms with van der Waals surface area (Å²) in [5.41, 5.74) is 1.61. The van der Waals surface area contributed by atoms with Gasteiger partial charge in [0.2, 0.25) is 0 Å². The van der Waals surface area contributed by atoms with Crippen LogP contribution in [0, 0.1) is 0 Å². The molecular formula is C19H12F3N. The summed E-state index contributed by atoms with van der Waals surface area (Å²) >= 11 is 0. The van der Waals surface area contributed by atoms with Gasteiger partial charge in [-0.25, -0.2) is 0 Å². The highest BCUT2D eigenvalue weighted by atomic mass is 19.4. The molecule has 0 atom stereocenters. The van der Waals surface area contributed by atoms with Crippen LogP contribution in [0.4, 0.5) is 13.2 Å². The van der Waals surface area contributed by atoms with Crippen molar-refractivity contribution in [2.75, 3.05) is 0 Å². The molecule has 1 nitrogen and oxygen atoms in total. The van der Waals surface area contributed by atoms with Crippen molar-refractivity contribution >= 4 is 21.7 Å². The van der Waals surface area contributed by atoms with Crippen LogP contribution < -0.4 is 0 Å². The van der Waals surface area contributed by atoms with Gasteiger partial charge in [-0.3, -0.25) is 0 Å². The second-order valence-corrected chi connectivity index (χ2v) is 5.54. The van der Waals surface area contributed by atoms with E-state index in [1.165, 1.54) is 6.07 Å². The third-order valence-corrected chi connectivity index (χ3v) is 4.01. The van der Waals surface area contributed by atoms with Crippen LogP contribution in [0.1, 0.15) is 5.56 Å². The van der Waals surface area contributed by atoms with Crippen molar-refractivity contribution in [3.63, 3.8) is 0 Å². The highest BCUT2D eigenvalue weighted by Crippen LogP contribution is 2.33. The first-order chi connectivity index (χ1) is 11.0. The summed E-state index contributed by atoms with van der Waals surface area (Å²) in [5, 5.41) is 2.99. The summed E-state index contributed by atoms with van der Waals surface area (Å²) in [6.45, 7) is 0. The minimum atomic E-state index is -4.33. The van der Waals surface area contributed by atoms with Gasteiger partial charge in [-0.05, 0) is 40.6 Å². The SMILES string of the molecule is FC(F)(F)c1ccc2cc(-c3ccc4ccccc4c3)[nH]c2c1. The Balaban J connectivity index is 1.84. The minimum Gasteiger partial charge on any atom is -0.355 e. The van der Waals surface area contributed by atoms with E-state index < -0.39 is 11.7 Å². The number of nitrogens with one attached hydrogen (secondary N) is 1. The molecule has 0 fully saturated rings. The predicted octanol–water partition coefficient (Wildman–Crippen LogP) is 6.01. The van der Waals surface area contributed by atoms with Gasteiger partial charge in [0.25, 0.3) is 0 Å². The van der Waals surface area contributed by atoms with Crippen LogP contribution in [-0.4, -0.2) is 4.98 Å². The van der Waals surface area contributed by atoms with E-state index in [4.69, 9.17) is 0 Å². The smallest absolute Gasteiger partial charge is 0.355 e. The highest BCUT2D eigenvalue weighted by molar-refractivity contribution is 5.90. The number of hydrogen-bond donors (Lipinski definition) is 1. The molecule has 0 amide bonds. The zero-order chi connectivity index (χ0) is 16.0. The molecular weight excluding hydrogens is 299 g/mol. The molecule has 0 saturated heterocycles. The zero-order valence-corrected chi connectivity index (χ0v) is 12.0. The van der Waals surface area contributed by atoms with Crippen LogP contribution in [0.25, 0.3) is 32.9 Å². The average Bonchev–Trinajstić information content (AvgIpc) is 2.96. The molecule has 1 N–H and O–H groups in total. The number of fused-ring (bicyclic) bond motifs is 2. The van der Waals surface area contributed by atoms with Gasteiger partial charge in [-0.15, -0.1) is 0 Å². The number of aromatic nitrogens is 1. The van der Waals surface area contributed by atoms with Crippen molar-refractivity contribution in [3.8, 4) is 11.3 Å². The second-order valence-electron chi connectivity index (χ2n) is 5.54. The lowest BCUT2D eigenvalue weighted by atomic mass is 10.1. The maximum Gasteiger partial charge on any atom is 0.416 e. The zero-order valence-electron chi connectivity index (χ0n) is 12.0. The largest absolute Gasteiger partial charge is 0.416 e. The number of aromatic amines is 1.